The van der Waals surface area contributed by atoms with E-state index in [2.05, 4.69) is 28.5 Å². The van der Waals surface area contributed by atoms with Crippen molar-refractivity contribution in [2.75, 3.05) is 0 Å². The molecule has 0 radical (unpaired) electrons. The number of benzene rings is 1. The van der Waals surface area contributed by atoms with Gasteiger partial charge in [-0.2, -0.15) is 0 Å². The normalized spacial score (nSPS) is 11.8. The second-order valence-corrected chi connectivity index (χ2v) is 5.81. The van der Waals surface area contributed by atoms with Crippen LogP contribution in [0, 0.1) is 13.8 Å². The van der Waals surface area contributed by atoms with E-state index < -0.39 is 5.97 Å². The molecule has 1 aromatic carbocycles. The van der Waals surface area contributed by atoms with Crippen molar-refractivity contribution < 1.29 is 14.7 Å². The van der Waals surface area contributed by atoms with E-state index in [1.807, 2.05) is 20.8 Å². The Balaban J connectivity index is 2.04. The van der Waals surface area contributed by atoms with E-state index in [1.165, 1.54) is 29.5 Å². The Kier molecular flexibility index (Phi) is 5.11. The fraction of sp³-hybridized carbons (Fsp3) is 0.278. The lowest BCUT2D eigenvalue weighted by atomic mass is 10.0. The maximum atomic E-state index is 12.2. The second-order valence-electron chi connectivity index (χ2n) is 5.81. The van der Waals surface area contributed by atoms with Gasteiger partial charge in [0.1, 0.15) is 5.69 Å². The van der Waals surface area contributed by atoms with E-state index in [1.54, 1.807) is 0 Å². The number of nitrogens with one attached hydrogen (secondary N) is 1. The molecule has 2 N–H and O–H groups in total. The highest BCUT2D eigenvalue weighted by molar-refractivity contribution is 5.95. The number of nitrogens with zero attached hydrogens (tertiary/aromatic N) is 1. The lowest BCUT2D eigenvalue weighted by molar-refractivity contribution is 0.0696. The first-order valence-electron chi connectivity index (χ1n) is 7.42. The SMILES string of the molecule is Cc1cc(C)cc(CC(C)NC(=O)c2cc(C(=O)O)ccn2)c1. The summed E-state index contributed by atoms with van der Waals surface area (Å²) >= 11 is 0. The molecule has 1 atom stereocenters. The Labute approximate surface area is 135 Å². The van der Waals surface area contributed by atoms with Crippen LogP contribution in [0.4, 0.5) is 0 Å². The number of hydrogen-bond acceptors (Lipinski definition) is 3. The Bertz CT molecular complexity index is 721. The molecule has 1 unspecified atom stereocenters. The summed E-state index contributed by atoms with van der Waals surface area (Å²) in [5, 5.41) is 11.8. The minimum absolute atomic E-state index is 0.0483. The topological polar surface area (TPSA) is 79.3 Å². The van der Waals surface area contributed by atoms with Crippen molar-refractivity contribution in [2.24, 2.45) is 0 Å². The molecule has 0 bridgehead atoms. The smallest absolute Gasteiger partial charge is 0.335 e. The van der Waals surface area contributed by atoms with Crippen LogP contribution < -0.4 is 5.32 Å². The highest BCUT2D eigenvalue weighted by Gasteiger charge is 2.14. The van der Waals surface area contributed by atoms with Crippen molar-refractivity contribution in [1.82, 2.24) is 10.3 Å². The van der Waals surface area contributed by atoms with Crippen LogP contribution in [0.1, 0.15) is 44.5 Å². The van der Waals surface area contributed by atoms with Gasteiger partial charge in [-0.15, -0.1) is 0 Å². The van der Waals surface area contributed by atoms with E-state index in [-0.39, 0.29) is 23.2 Å². The monoisotopic (exact) mass is 312 g/mol. The summed E-state index contributed by atoms with van der Waals surface area (Å²) in [4.78, 5) is 27.1. The number of carbonyl (C=O) groups excluding carboxylic acids is 1. The second kappa shape index (κ2) is 7.05. The fourth-order valence-corrected chi connectivity index (χ4v) is 2.58. The van der Waals surface area contributed by atoms with E-state index in [0.717, 1.165) is 5.56 Å². The Hall–Kier alpha value is -2.69. The summed E-state index contributed by atoms with van der Waals surface area (Å²) in [5.74, 6) is -1.45. The molecule has 0 fully saturated rings. The average Bonchev–Trinajstić information content (AvgIpc) is 2.46. The number of rotatable bonds is 5. The van der Waals surface area contributed by atoms with Crippen LogP contribution in [0.5, 0.6) is 0 Å². The molecule has 120 valence electrons. The summed E-state index contributed by atoms with van der Waals surface area (Å²) in [6.07, 6.45) is 2.03. The number of amides is 1. The predicted octanol–water partition coefficient (Wildman–Crippen LogP) is 2.76. The Morgan fingerprint density at radius 1 is 1.17 bits per heavy atom. The molecule has 0 saturated carbocycles. The first kappa shape index (κ1) is 16.7. The standard InChI is InChI=1S/C18H20N2O3/c1-11-6-12(2)8-14(7-11)9-13(3)20-17(21)16-10-15(18(22)23)4-5-19-16/h4-8,10,13H,9H2,1-3H3,(H,20,21)(H,22,23). The van der Waals surface area contributed by atoms with Crippen LogP contribution in [-0.2, 0) is 6.42 Å². The van der Waals surface area contributed by atoms with Crippen molar-refractivity contribution in [3.63, 3.8) is 0 Å². The van der Waals surface area contributed by atoms with Crippen LogP contribution >= 0.6 is 0 Å². The minimum Gasteiger partial charge on any atom is -0.478 e. The largest absolute Gasteiger partial charge is 0.478 e. The van der Waals surface area contributed by atoms with Gasteiger partial charge in [-0.1, -0.05) is 29.3 Å². The average molecular weight is 312 g/mol. The summed E-state index contributed by atoms with van der Waals surface area (Å²) in [5.41, 5.74) is 3.69. The van der Waals surface area contributed by atoms with E-state index in [9.17, 15) is 9.59 Å². The lowest BCUT2D eigenvalue weighted by Gasteiger charge is -2.14. The van der Waals surface area contributed by atoms with Gasteiger partial charge in [0.15, 0.2) is 0 Å². The maximum Gasteiger partial charge on any atom is 0.335 e. The molecule has 1 amide bonds. The molecular formula is C18H20N2O3. The number of aromatic carboxylic acids is 1. The highest BCUT2D eigenvalue weighted by atomic mass is 16.4. The number of aromatic nitrogens is 1. The summed E-state index contributed by atoms with van der Waals surface area (Å²) in [7, 11) is 0. The summed E-state index contributed by atoms with van der Waals surface area (Å²) in [6, 6.07) is 8.85. The molecule has 0 aliphatic carbocycles. The predicted molar refractivity (Wildman–Crippen MR) is 87.7 cm³/mol. The third-order valence-corrected chi connectivity index (χ3v) is 3.44. The van der Waals surface area contributed by atoms with Gasteiger partial charge < -0.3 is 10.4 Å². The zero-order valence-corrected chi connectivity index (χ0v) is 13.5. The molecule has 2 aromatic rings. The summed E-state index contributed by atoms with van der Waals surface area (Å²) < 4.78 is 0. The Morgan fingerprint density at radius 2 is 1.83 bits per heavy atom. The van der Waals surface area contributed by atoms with Gasteiger partial charge in [-0.05, 0) is 44.9 Å². The van der Waals surface area contributed by atoms with Crippen molar-refractivity contribution in [1.29, 1.82) is 0 Å². The molecule has 2 rings (SSSR count). The molecule has 5 heteroatoms. The number of carbonyl (C=O) groups is 2. The van der Waals surface area contributed by atoms with Gasteiger partial charge in [0, 0.05) is 12.2 Å². The number of pyridine rings is 1. The maximum absolute atomic E-state index is 12.2. The van der Waals surface area contributed by atoms with Crippen molar-refractivity contribution in [3.05, 3.63) is 64.5 Å². The first-order chi connectivity index (χ1) is 10.8. The van der Waals surface area contributed by atoms with Gasteiger partial charge in [0.05, 0.1) is 5.56 Å². The van der Waals surface area contributed by atoms with E-state index in [0.29, 0.717) is 6.42 Å². The van der Waals surface area contributed by atoms with Crippen molar-refractivity contribution >= 4 is 11.9 Å². The molecule has 1 aromatic heterocycles. The Morgan fingerprint density at radius 3 is 2.43 bits per heavy atom. The van der Waals surface area contributed by atoms with Crippen molar-refractivity contribution in [2.45, 2.75) is 33.2 Å². The third kappa shape index (κ3) is 4.64. The number of aryl methyl sites for hydroxylation is 2. The molecule has 0 aliphatic heterocycles. The molecule has 1 heterocycles. The fourth-order valence-electron chi connectivity index (χ4n) is 2.58. The van der Waals surface area contributed by atoms with Crippen molar-refractivity contribution in [3.8, 4) is 0 Å². The molecule has 23 heavy (non-hydrogen) atoms. The van der Waals surface area contributed by atoms with E-state index in [4.69, 9.17) is 5.11 Å². The highest BCUT2D eigenvalue weighted by Crippen LogP contribution is 2.11. The first-order valence-corrected chi connectivity index (χ1v) is 7.42. The van der Waals surface area contributed by atoms with Gasteiger partial charge in [-0.3, -0.25) is 9.78 Å². The van der Waals surface area contributed by atoms with E-state index >= 15 is 0 Å². The lowest BCUT2D eigenvalue weighted by Crippen LogP contribution is -2.34. The molecule has 5 nitrogen and oxygen atoms in total. The van der Waals surface area contributed by atoms with Crippen LogP contribution in [0.15, 0.2) is 36.5 Å². The molecular weight excluding hydrogens is 292 g/mol. The molecule has 0 spiro atoms. The molecule has 0 aliphatic rings. The van der Waals surface area contributed by atoms with Gasteiger partial charge in [-0.25, -0.2) is 4.79 Å². The third-order valence-electron chi connectivity index (χ3n) is 3.44. The zero-order valence-electron chi connectivity index (χ0n) is 13.5. The van der Waals surface area contributed by atoms with Crippen LogP contribution in [-0.4, -0.2) is 28.0 Å². The minimum atomic E-state index is -1.08. The number of hydrogen-bond donors (Lipinski definition) is 2. The van der Waals surface area contributed by atoms with Gasteiger partial charge >= 0.3 is 5.97 Å². The molecule has 0 saturated heterocycles. The van der Waals surface area contributed by atoms with Crippen LogP contribution in [0.25, 0.3) is 0 Å². The number of carboxylic acid groups (broad SMARTS) is 1. The van der Waals surface area contributed by atoms with Crippen LogP contribution in [0.3, 0.4) is 0 Å². The number of carboxylic acids is 1. The van der Waals surface area contributed by atoms with Crippen LogP contribution in [0.2, 0.25) is 0 Å². The van der Waals surface area contributed by atoms with Gasteiger partial charge in [0.2, 0.25) is 0 Å². The summed E-state index contributed by atoms with van der Waals surface area (Å²) in [6.45, 7) is 6.00. The zero-order chi connectivity index (χ0) is 17.0. The quantitative estimate of drug-likeness (QED) is 0.889. The van der Waals surface area contributed by atoms with Gasteiger partial charge in [0.25, 0.3) is 5.91 Å².